The molecule has 7 heteroatoms. The van der Waals surface area contributed by atoms with Crippen LogP contribution in [0.1, 0.15) is 6.42 Å². The van der Waals surface area contributed by atoms with Gasteiger partial charge in [0.25, 0.3) is 0 Å². The van der Waals surface area contributed by atoms with E-state index in [0.29, 0.717) is 0 Å². The topological polar surface area (TPSA) is 23.8 Å². The average molecular weight is 326 g/mol. The maximum atomic E-state index is 9.02. The normalized spacial score (nSPS) is 47.1. The van der Waals surface area contributed by atoms with Gasteiger partial charge in [-0.3, -0.25) is 0 Å². The van der Waals surface area contributed by atoms with Crippen LogP contribution in [0.25, 0.3) is 0 Å². The number of halogens is 6. The Morgan fingerprint density at radius 1 is 1.13 bits per heavy atom. The molecule has 0 aromatic heterocycles. The molecule has 0 aromatic rings. The Morgan fingerprint density at radius 3 is 2.07 bits per heavy atom. The van der Waals surface area contributed by atoms with Crippen LogP contribution in [0, 0.1) is 17.2 Å². The molecule has 1 saturated carbocycles. The smallest absolute Gasteiger partial charge is 0.160 e. The lowest BCUT2D eigenvalue weighted by molar-refractivity contribution is 0.554. The second-order valence-electron chi connectivity index (χ2n) is 3.65. The van der Waals surface area contributed by atoms with Crippen LogP contribution >= 0.6 is 69.6 Å². The van der Waals surface area contributed by atoms with Crippen molar-refractivity contribution in [3.05, 3.63) is 10.1 Å². The molecule has 1 nitrogen and oxygen atoms in total. The first-order valence-corrected chi connectivity index (χ1v) is 6.20. The van der Waals surface area contributed by atoms with Crippen molar-refractivity contribution in [3.8, 4) is 6.07 Å². The molecule has 0 N–H and O–H groups in total. The molecule has 0 aliphatic heterocycles. The fourth-order valence-electron chi connectivity index (χ4n) is 2.06. The quantitative estimate of drug-likeness (QED) is 0.607. The Morgan fingerprint density at radius 2 is 1.67 bits per heavy atom. The van der Waals surface area contributed by atoms with Crippen LogP contribution in [0.2, 0.25) is 0 Å². The molecule has 0 aromatic carbocycles. The molecular formula is C8H3Cl6N. The minimum Gasteiger partial charge on any atom is -0.198 e. The average Bonchev–Trinajstić information content (AvgIpc) is 2.39. The van der Waals surface area contributed by atoms with E-state index in [1.807, 2.05) is 6.07 Å². The highest BCUT2D eigenvalue weighted by molar-refractivity contribution is 6.61. The van der Waals surface area contributed by atoms with E-state index in [-0.39, 0.29) is 16.5 Å². The second kappa shape index (κ2) is 3.25. The lowest BCUT2D eigenvalue weighted by Gasteiger charge is -2.36. The van der Waals surface area contributed by atoms with E-state index >= 15 is 0 Å². The summed E-state index contributed by atoms with van der Waals surface area (Å²) in [6.07, 6.45) is 0.159. The SMILES string of the molecule is N#CC1C2(Cl)CC(Cl)(C(Cl)=C2Cl)C1(Cl)Cl. The number of fused-ring (bicyclic) bond motifs is 2. The van der Waals surface area contributed by atoms with Gasteiger partial charge < -0.3 is 0 Å². The third-order valence-corrected chi connectivity index (χ3v) is 6.65. The first kappa shape index (κ1) is 12.4. The molecule has 15 heavy (non-hydrogen) atoms. The van der Waals surface area contributed by atoms with Crippen LogP contribution in [0.4, 0.5) is 0 Å². The summed E-state index contributed by atoms with van der Waals surface area (Å²) in [6.45, 7) is 0. The Kier molecular flexibility index (Phi) is 2.69. The fourth-order valence-corrected chi connectivity index (χ4v) is 4.87. The maximum absolute atomic E-state index is 9.02. The molecule has 3 unspecified atom stereocenters. The van der Waals surface area contributed by atoms with Gasteiger partial charge in [0.2, 0.25) is 0 Å². The van der Waals surface area contributed by atoms with Gasteiger partial charge in [-0.1, -0.05) is 46.4 Å². The van der Waals surface area contributed by atoms with Gasteiger partial charge in [0.1, 0.15) is 15.7 Å². The van der Waals surface area contributed by atoms with Crippen molar-refractivity contribution in [1.82, 2.24) is 0 Å². The molecule has 0 spiro atoms. The van der Waals surface area contributed by atoms with Gasteiger partial charge >= 0.3 is 0 Å². The molecule has 2 aliphatic carbocycles. The molecule has 2 bridgehead atoms. The molecule has 2 rings (SSSR count). The zero-order valence-electron chi connectivity index (χ0n) is 7.00. The van der Waals surface area contributed by atoms with E-state index in [1.165, 1.54) is 0 Å². The van der Waals surface area contributed by atoms with E-state index in [9.17, 15) is 0 Å². The molecule has 0 saturated heterocycles. The summed E-state index contributed by atoms with van der Waals surface area (Å²) in [4.78, 5) is -2.43. The summed E-state index contributed by atoms with van der Waals surface area (Å²) in [5.41, 5.74) is 0. The van der Waals surface area contributed by atoms with Gasteiger partial charge in [-0.25, -0.2) is 0 Å². The Bertz CT molecular complexity index is 410. The van der Waals surface area contributed by atoms with E-state index in [2.05, 4.69) is 0 Å². The molecule has 0 amide bonds. The second-order valence-corrected chi connectivity index (χ2v) is 7.11. The van der Waals surface area contributed by atoms with Crippen molar-refractivity contribution >= 4 is 69.6 Å². The Labute approximate surface area is 117 Å². The predicted octanol–water partition coefficient (Wildman–Crippen LogP) is 4.36. The number of alkyl halides is 4. The Balaban J connectivity index is 2.70. The number of rotatable bonds is 0. The van der Waals surface area contributed by atoms with Gasteiger partial charge in [0.15, 0.2) is 4.33 Å². The molecule has 0 radical (unpaired) electrons. The van der Waals surface area contributed by atoms with Gasteiger partial charge in [-0.05, 0) is 0 Å². The van der Waals surface area contributed by atoms with Crippen LogP contribution in [0.15, 0.2) is 10.1 Å². The van der Waals surface area contributed by atoms with Crippen molar-refractivity contribution in [2.75, 3.05) is 0 Å². The minimum absolute atomic E-state index is 0.136. The highest BCUT2D eigenvalue weighted by atomic mass is 35.5. The maximum Gasteiger partial charge on any atom is 0.160 e. The Hall–Kier alpha value is 0.970. The summed E-state index contributed by atoms with van der Waals surface area (Å²) in [5.74, 6) is -0.887. The summed E-state index contributed by atoms with van der Waals surface area (Å²) in [6, 6.07) is 1.94. The first-order valence-electron chi connectivity index (χ1n) is 3.93. The van der Waals surface area contributed by atoms with Crippen molar-refractivity contribution in [2.45, 2.75) is 20.5 Å². The summed E-state index contributed by atoms with van der Waals surface area (Å²) in [7, 11) is 0. The molecule has 2 aliphatic rings. The van der Waals surface area contributed by atoms with Gasteiger partial charge in [-0.2, -0.15) is 5.26 Å². The van der Waals surface area contributed by atoms with Crippen molar-refractivity contribution < 1.29 is 0 Å². The highest BCUT2D eigenvalue weighted by Crippen LogP contribution is 2.72. The number of hydrogen-bond donors (Lipinski definition) is 0. The lowest BCUT2D eigenvalue weighted by atomic mass is 9.92. The number of nitrogens with zero attached hydrogens (tertiary/aromatic N) is 1. The van der Waals surface area contributed by atoms with E-state index in [1.54, 1.807) is 0 Å². The van der Waals surface area contributed by atoms with Gasteiger partial charge in [0.05, 0.1) is 16.1 Å². The molecule has 0 heterocycles. The zero-order chi connectivity index (χ0) is 11.6. The fraction of sp³-hybridized carbons (Fsp3) is 0.625. The van der Waals surface area contributed by atoms with Crippen LogP contribution in [-0.2, 0) is 0 Å². The number of hydrogen-bond acceptors (Lipinski definition) is 1. The van der Waals surface area contributed by atoms with Crippen LogP contribution < -0.4 is 0 Å². The third-order valence-electron chi connectivity index (χ3n) is 2.88. The van der Waals surface area contributed by atoms with E-state index in [4.69, 9.17) is 74.9 Å². The minimum atomic E-state index is -1.53. The number of nitriles is 1. The van der Waals surface area contributed by atoms with E-state index in [0.717, 1.165) is 0 Å². The highest BCUT2D eigenvalue weighted by Gasteiger charge is 2.76. The van der Waals surface area contributed by atoms with Crippen molar-refractivity contribution in [1.29, 1.82) is 5.26 Å². The molecule has 3 atom stereocenters. The summed E-state index contributed by atoms with van der Waals surface area (Å²) >= 11 is 36.5. The standard InChI is InChI=1S/C8H3Cl6N/c9-4-5(10)7(12)2-6(4,11)3(1-15)8(7,13)14/h3H,2H2. The zero-order valence-corrected chi connectivity index (χ0v) is 11.5. The van der Waals surface area contributed by atoms with Gasteiger partial charge in [-0.15, -0.1) is 23.2 Å². The summed E-state index contributed by atoms with van der Waals surface area (Å²) < 4.78 is -1.53. The molecule has 1 fully saturated rings. The van der Waals surface area contributed by atoms with Crippen LogP contribution in [0.5, 0.6) is 0 Å². The molecule has 82 valence electrons. The van der Waals surface area contributed by atoms with Gasteiger partial charge in [0, 0.05) is 6.42 Å². The summed E-state index contributed by atoms with van der Waals surface area (Å²) in [5, 5.41) is 9.33. The lowest BCUT2D eigenvalue weighted by Crippen LogP contribution is -2.44. The van der Waals surface area contributed by atoms with Crippen LogP contribution in [-0.4, -0.2) is 14.1 Å². The molecular weight excluding hydrogens is 323 g/mol. The monoisotopic (exact) mass is 323 g/mol. The predicted molar refractivity (Wildman–Crippen MR) is 64.1 cm³/mol. The van der Waals surface area contributed by atoms with E-state index < -0.39 is 20.0 Å². The largest absolute Gasteiger partial charge is 0.198 e. The third kappa shape index (κ3) is 1.19. The van der Waals surface area contributed by atoms with Crippen LogP contribution in [0.3, 0.4) is 0 Å². The van der Waals surface area contributed by atoms with Crippen molar-refractivity contribution in [3.63, 3.8) is 0 Å². The first-order chi connectivity index (χ1) is 6.72. The van der Waals surface area contributed by atoms with Crippen molar-refractivity contribution in [2.24, 2.45) is 5.92 Å². The number of allylic oxidation sites excluding steroid dienone is 2.